The third-order valence-corrected chi connectivity index (χ3v) is 8.12. The first-order valence-electron chi connectivity index (χ1n) is 13.0. The van der Waals surface area contributed by atoms with Gasteiger partial charge in [-0.3, -0.25) is 9.69 Å². The van der Waals surface area contributed by atoms with E-state index in [2.05, 4.69) is 33.7 Å². The molecule has 3 aromatic carbocycles. The Balaban J connectivity index is 1.05. The number of hydrogen-bond acceptors (Lipinski definition) is 6. The molecule has 2 saturated heterocycles. The second kappa shape index (κ2) is 9.05. The molecular weight excluding hydrogens is 508 g/mol. The average molecular weight is 534 g/mol. The first-order chi connectivity index (χ1) is 18.9. The van der Waals surface area contributed by atoms with Crippen LogP contribution in [0.1, 0.15) is 40.2 Å². The van der Waals surface area contributed by atoms with Crippen molar-refractivity contribution in [3.05, 3.63) is 83.4 Å². The molecule has 2 atom stereocenters. The van der Waals surface area contributed by atoms with Crippen molar-refractivity contribution in [2.75, 3.05) is 19.8 Å². The minimum Gasteiger partial charge on any atom is -0.448 e. The van der Waals surface area contributed by atoms with Crippen molar-refractivity contribution < 1.29 is 37.3 Å². The zero-order valence-electron chi connectivity index (χ0n) is 20.8. The van der Waals surface area contributed by atoms with E-state index < -0.39 is 12.4 Å². The van der Waals surface area contributed by atoms with Crippen molar-refractivity contribution >= 4 is 11.9 Å². The molecule has 0 radical (unpaired) electrons. The molecule has 39 heavy (non-hydrogen) atoms. The standard InChI is InChI=1S/C30H25F2NO6/c31-30(32)38-26-10-9-17(13-27(26)39-30)28(34)18-11-19-14-36-15-20(12-18)33(19)29(35)37-16-25-23-7-3-1-5-21(23)22-6-2-4-8-24(22)25/h1-10,13,18-20,25H,11-12,14-16H2. The van der Waals surface area contributed by atoms with Crippen molar-refractivity contribution in [3.63, 3.8) is 0 Å². The SMILES string of the molecule is O=C(c1ccc2c(c1)OC(F)(F)O2)C1CC2COCC(C1)N2C(=O)OCC1c2ccccc2-c2ccccc21. The van der Waals surface area contributed by atoms with Gasteiger partial charge in [-0.25, -0.2) is 4.79 Å². The lowest BCUT2D eigenvalue weighted by atomic mass is 9.81. The summed E-state index contributed by atoms with van der Waals surface area (Å²) in [7, 11) is 0. The first kappa shape index (κ1) is 24.1. The van der Waals surface area contributed by atoms with Crippen LogP contribution in [0, 0.1) is 5.92 Å². The maximum atomic E-state index is 13.4. The summed E-state index contributed by atoms with van der Waals surface area (Å²) >= 11 is 0. The fraction of sp³-hybridized carbons (Fsp3) is 0.333. The Hall–Kier alpha value is -3.98. The summed E-state index contributed by atoms with van der Waals surface area (Å²) in [6, 6.07) is 19.8. The highest BCUT2D eigenvalue weighted by Gasteiger charge is 2.46. The Morgan fingerprint density at radius 2 is 1.49 bits per heavy atom. The highest BCUT2D eigenvalue weighted by atomic mass is 19.3. The van der Waals surface area contributed by atoms with Crippen LogP contribution in [0.25, 0.3) is 11.1 Å². The van der Waals surface area contributed by atoms with E-state index in [9.17, 15) is 18.4 Å². The number of halogens is 2. The molecule has 2 fully saturated rings. The number of Topliss-reactive ketones (excluding diaryl/α,β-unsaturated/α-hetero) is 1. The molecule has 0 saturated carbocycles. The summed E-state index contributed by atoms with van der Waals surface area (Å²) in [5, 5.41) is 0. The smallest absolute Gasteiger partial charge is 0.448 e. The van der Waals surface area contributed by atoms with E-state index in [1.54, 1.807) is 4.90 Å². The van der Waals surface area contributed by atoms with E-state index in [4.69, 9.17) is 9.47 Å². The highest BCUT2D eigenvalue weighted by molar-refractivity contribution is 5.98. The van der Waals surface area contributed by atoms with Crippen LogP contribution in [-0.4, -0.2) is 55.0 Å². The molecule has 3 aliphatic heterocycles. The lowest BCUT2D eigenvalue weighted by molar-refractivity contribution is -0.286. The lowest BCUT2D eigenvalue weighted by Crippen LogP contribution is -2.60. The number of carbonyl (C=O) groups is 2. The first-order valence-corrected chi connectivity index (χ1v) is 13.0. The Labute approximate surface area is 223 Å². The molecule has 4 aliphatic rings. The lowest BCUT2D eigenvalue weighted by Gasteiger charge is -2.47. The van der Waals surface area contributed by atoms with E-state index in [1.807, 2.05) is 24.3 Å². The van der Waals surface area contributed by atoms with Gasteiger partial charge in [0.2, 0.25) is 0 Å². The number of hydrogen-bond donors (Lipinski definition) is 0. The van der Waals surface area contributed by atoms with Gasteiger partial charge >= 0.3 is 12.4 Å². The summed E-state index contributed by atoms with van der Waals surface area (Å²) in [6.07, 6.45) is -3.37. The predicted molar refractivity (Wildman–Crippen MR) is 135 cm³/mol. The zero-order valence-corrected chi connectivity index (χ0v) is 20.8. The van der Waals surface area contributed by atoms with Crippen LogP contribution in [0.3, 0.4) is 0 Å². The van der Waals surface area contributed by atoms with E-state index in [1.165, 1.54) is 18.2 Å². The molecule has 0 aromatic heterocycles. The van der Waals surface area contributed by atoms with Crippen LogP contribution < -0.4 is 9.47 Å². The number of fused-ring (bicyclic) bond motifs is 6. The molecule has 2 bridgehead atoms. The number of rotatable bonds is 4. The number of morpholine rings is 1. The van der Waals surface area contributed by atoms with Gasteiger partial charge < -0.3 is 18.9 Å². The topological polar surface area (TPSA) is 74.3 Å². The Morgan fingerprint density at radius 3 is 2.15 bits per heavy atom. The Bertz CT molecular complexity index is 1420. The molecule has 7 nitrogen and oxygen atoms in total. The van der Waals surface area contributed by atoms with Crippen molar-refractivity contribution in [2.45, 2.75) is 37.1 Å². The number of nitrogens with zero attached hydrogens (tertiary/aromatic N) is 1. The molecule has 3 heterocycles. The number of carbonyl (C=O) groups excluding carboxylic acids is 2. The minimum atomic E-state index is -3.74. The fourth-order valence-electron chi connectivity index (χ4n) is 6.43. The van der Waals surface area contributed by atoms with Gasteiger partial charge in [0.05, 0.1) is 25.3 Å². The zero-order chi connectivity index (χ0) is 26.7. The summed E-state index contributed by atoms with van der Waals surface area (Å²) in [5.74, 6) is -0.879. The number of piperidine rings is 1. The van der Waals surface area contributed by atoms with Crippen LogP contribution in [0.2, 0.25) is 0 Å². The number of ketones is 1. The van der Waals surface area contributed by atoms with Gasteiger partial charge in [0.1, 0.15) is 6.61 Å². The third kappa shape index (κ3) is 4.12. The molecule has 3 aromatic rings. The van der Waals surface area contributed by atoms with Crippen LogP contribution in [-0.2, 0) is 9.47 Å². The monoisotopic (exact) mass is 533 g/mol. The van der Waals surface area contributed by atoms with Gasteiger partial charge in [0.25, 0.3) is 0 Å². The van der Waals surface area contributed by atoms with Gasteiger partial charge in [-0.2, -0.15) is 0 Å². The highest BCUT2D eigenvalue weighted by Crippen LogP contribution is 2.45. The van der Waals surface area contributed by atoms with Gasteiger partial charge in [0.15, 0.2) is 17.3 Å². The van der Waals surface area contributed by atoms with Crippen LogP contribution in [0.5, 0.6) is 11.5 Å². The summed E-state index contributed by atoms with van der Waals surface area (Å²) < 4.78 is 47.4. The van der Waals surface area contributed by atoms with Crippen molar-refractivity contribution in [1.82, 2.24) is 4.90 Å². The molecule has 1 aliphatic carbocycles. The van der Waals surface area contributed by atoms with Gasteiger partial charge in [-0.1, -0.05) is 48.5 Å². The van der Waals surface area contributed by atoms with Crippen molar-refractivity contribution in [2.24, 2.45) is 5.92 Å². The van der Waals surface area contributed by atoms with Crippen molar-refractivity contribution in [3.8, 4) is 22.6 Å². The minimum absolute atomic E-state index is 0.0463. The molecule has 0 N–H and O–H groups in total. The molecule has 9 heteroatoms. The summed E-state index contributed by atoms with van der Waals surface area (Å²) in [5.41, 5.74) is 4.87. The van der Waals surface area contributed by atoms with Crippen molar-refractivity contribution in [1.29, 1.82) is 0 Å². The molecular formula is C30H25F2NO6. The summed E-state index contributed by atoms with van der Waals surface area (Å²) in [6.45, 7) is 0.823. The second-order valence-electron chi connectivity index (χ2n) is 10.4. The quantitative estimate of drug-likeness (QED) is 0.406. The molecule has 200 valence electrons. The van der Waals surface area contributed by atoms with Crippen LogP contribution >= 0.6 is 0 Å². The number of ether oxygens (including phenoxy) is 4. The molecule has 2 unspecified atom stereocenters. The number of alkyl halides is 2. The fourth-order valence-corrected chi connectivity index (χ4v) is 6.43. The third-order valence-electron chi connectivity index (χ3n) is 8.12. The normalized spacial score (nSPS) is 24.2. The predicted octanol–water partition coefficient (Wildman–Crippen LogP) is 5.62. The van der Waals surface area contributed by atoms with Crippen LogP contribution in [0.4, 0.5) is 13.6 Å². The Morgan fingerprint density at radius 1 is 0.872 bits per heavy atom. The van der Waals surface area contributed by atoms with Gasteiger partial charge in [-0.15, -0.1) is 8.78 Å². The number of benzene rings is 3. The van der Waals surface area contributed by atoms with E-state index in [-0.39, 0.29) is 53.4 Å². The molecule has 0 spiro atoms. The Kier molecular flexibility index (Phi) is 5.59. The van der Waals surface area contributed by atoms with Gasteiger partial charge in [0, 0.05) is 17.4 Å². The largest absolute Gasteiger partial charge is 0.586 e. The second-order valence-corrected chi connectivity index (χ2v) is 10.4. The van der Waals surface area contributed by atoms with E-state index in [0.29, 0.717) is 26.1 Å². The maximum absolute atomic E-state index is 13.4. The average Bonchev–Trinajstić information content (AvgIpc) is 3.42. The molecule has 7 rings (SSSR count). The van der Waals surface area contributed by atoms with Gasteiger partial charge in [-0.05, 0) is 53.3 Å². The maximum Gasteiger partial charge on any atom is 0.586 e. The van der Waals surface area contributed by atoms with E-state index >= 15 is 0 Å². The summed E-state index contributed by atoms with van der Waals surface area (Å²) in [4.78, 5) is 28.5. The molecule has 1 amide bonds. The number of amides is 1. The van der Waals surface area contributed by atoms with E-state index in [0.717, 1.165) is 22.3 Å². The van der Waals surface area contributed by atoms with Crippen LogP contribution in [0.15, 0.2) is 66.7 Å².